The fourth-order valence-corrected chi connectivity index (χ4v) is 2.91. The van der Waals surface area contributed by atoms with Crippen molar-refractivity contribution in [2.24, 2.45) is 0 Å². The number of nitrogen functional groups attached to an aromatic ring is 1. The number of carbonyl (C=O) groups excluding carboxylic acids is 1. The molecule has 0 unspecified atom stereocenters. The lowest BCUT2D eigenvalue weighted by Crippen LogP contribution is -2.33. The van der Waals surface area contributed by atoms with Gasteiger partial charge in [0.25, 0.3) is 5.91 Å². The van der Waals surface area contributed by atoms with Crippen molar-refractivity contribution in [1.82, 2.24) is 9.62 Å². The van der Waals surface area contributed by atoms with Gasteiger partial charge in [-0.25, -0.2) is 12.7 Å². The lowest BCUT2D eigenvalue weighted by Gasteiger charge is -2.17. The van der Waals surface area contributed by atoms with Crippen LogP contribution in [-0.4, -0.2) is 44.5 Å². The van der Waals surface area contributed by atoms with Gasteiger partial charge in [0.05, 0.1) is 11.8 Å². The summed E-state index contributed by atoms with van der Waals surface area (Å²) < 4.78 is 24.2. The maximum absolute atomic E-state index is 12.0. The third kappa shape index (κ3) is 5.35. The summed E-state index contributed by atoms with van der Waals surface area (Å²) in [6.07, 6.45) is 1.74. The van der Waals surface area contributed by atoms with Crippen molar-refractivity contribution in [1.29, 1.82) is 0 Å². The number of nitrogens with two attached hydrogens (primary N) is 1. The van der Waals surface area contributed by atoms with Gasteiger partial charge in [-0.3, -0.25) is 4.79 Å². The van der Waals surface area contributed by atoms with E-state index in [9.17, 15) is 13.2 Å². The Bertz CT molecular complexity index is 599. The molecular formula is C14H23N3O3S. The maximum atomic E-state index is 12.0. The summed E-state index contributed by atoms with van der Waals surface area (Å²) in [6, 6.07) is 5.28. The molecule has 1 amide bonds. The summed E-state index contributed by atoms with van der Waals surface area (Å²) in [7, 11) is -3.18. The molecule has 0 atom stereocenters. The van der Waals surface area contributed by atoms with Crippen LogP contribution in [0.2, 0.25) is 0 Å². The standard InChI is InChI=1S/C14H23N3O3S/c1-4-17(21(3,19)20)9-5-8-16-14(18)12-10-11(2)6-7-13(12)15/h6-7,10H,4-5,8-9,15H2,1-3H3,(H,16,18). The second kappa shape index (κ2) is 7.42. The van der Waals surface area contributed by atoms with Gasteiger partial charge in [-0.2, -0.15) is 0 Å². The first-order valence-corrected chi connectivity index (χ1v) is 8.70. The number of benzene rings is 1. The molecular weight excluding hydrogens is 290 g/mol. The number of amides is 1. The molecule has 0 radical (unpaired) electrons. The van der Waals surface area contributed by atoms with E-state index >= 15 is 0 Å². The molecule has 0 aliphatic rings. The molecule has 118 valence electrons. The first-order valence-electron chi connectivity index (χ1n) is 6.85. The predicted octanol–water partition coefficient (Wildman–Crippen LogP) is 0.979. The normalized spacial score (nSPS) is 11.6. The van der Waals surface area contributed by atoms with Crippen LogP contribution < -0.4 is 11.1 Å². The highest BCUT2D eigenvalue weighted by atomic mass is 32.2. The molecule has 0 heterocycles. The van der Waals surface area contributed by atoms with Crippen LogP contribution in [0.5, 0.6) is 0 Å². The van der Waals surface area contributed by atoms with Crippen LogP contribution in [0, 0.1) is 6.92 Å². The zero-order valence-corrected chi connectivity index (χ0v) is 13.5. The van der Waals surface area contributed by atoms with Gasteiger partial charge in [0.2, 0.25) is 10.0 Å². The van der Waals surface area contributed by atoms with Crippen LogP contribution in [-0.2, 0) is 10.0 Å². The summed E-state index contributed by atoms with van der Waals surface area (Å²) in [5, 5.41) is 2.76. The zero-order valence-electron chi connectivity index (χ0n) is 12.7. The van der Waals surface area contributed by atoms with E-state index in [0.29, 0.717) is 37.3 Å². The van der Waals surface area contributed by atoms with Gasteiger partial charge in [0.1, 0.15) is 0 Å². The van der Waals surface area contributed by atoms with Crippen LogP contribution in [0.3, 0.4) is 0 Å². The number of nitrogens with zero attached hydrogens (tertiary/aromatic N) is 1. The van der Waals surface area contributed by atoms with E-state index in [1.807, 2.05) is 13.0 Å². The summed E-state index contributed by atoms with van der Waals surface area (Å²) in [5.74, 6) is -0.237. The molecule has 0 saturated heterocycles. The molecule has 0 aliphatic carbocycles. The molecule has 1 aromatic carbocycles. The van der Waals surface area contributed by atoms with Gasteiger partial charge in [0.15, 0.2) is 0 Å². The van der Waals surface area contributed by atoms with Gasteiger partial charge in [-0.05, 0) is 25.5 Å². The van der Waals surface area contributed by atoms with Crippen molar-refractivity contribution < 1.29 is 13.2 Å². The molecule has 1 rings (SSSR count). The quantitative estimate of drug-likeness (QED) is 0.580. The number of anilines is 1. The predicted molar refractivity (Wildman–Crippen MR) is 84.6 cm³/mol. The minimum atomic E-state index is -3.18. The van der Waals surface area contributed by atoms with E-state index in [4.69, 9.17) is 5.73 Å². The zero-order chi connectivity index (χ0) is 16.0. The highest BCUT2D eigenvalue weighted by Gasteiger charge is 2.14. The molecule has 0 fully saturated rings. The average molecular weight is 313 g/mol. The highest BCUT2D eigenvalue weighted by Crippen LogP contribution is 2.13. The number of rotatable bonds is 7. The van der Waals surface area contributed by atoms with E-state index in [0.717, 1.165) is 5.56 Å². The first kappa shape index (κ1) is 17.5. The number of aryl methyl sites for hydroxylation is 1. The summed E-state index contributed by atoms with van der Waals surface area (Å²) in [4.78, 5) is 12.0. The lowest BCUT2D eigenvalue weighted by atomic mass is 10.1. The van der Waals surface area contributed by atoms with E-state index in [2.05, 4.69) is 5.32 Å². The molecule has 0 aromatic heterocycles. The lowest BCUT2D eigenvalue weighted by molar-refractivity contribution is 0.0953. The molecule has 0 saturated carbocycles. The minimum absolute atomic E-state index is 0.237. The Morgan fingerprint density at radius 3 is 2.62 bits per heavy atom. The largest absolute Gasteiger partial charge is 0.398 e. The minimum Gasteiger partial charge on any atom is -0.398 e. The van der Waals surface area contributed by atoms with Crippen LogP contribution >= 0.6 is 0 Å². The first-order chi connectivity index (χ1) is 9.75. The fraction of sp³-hybridized carbons (Fsp3) is 0.500. The summed E-state index contributed by atoms with van der Waals surface area (Å²) in [5.41, 5.74) is 7.62. The van der Waals surface area contributed by atoms with Crippen LogP contribution in [0.4, 0.5) is 5.69 Å². The molecule has 3 N–H and O–H groups in total. The number of hydrogen-bond acceptors (Lipinski definition) is 4. The maximum Gasteiger partial charge on any atom is 0.253 e. The van der Waals surface area contributed by atoms with E-state index in [1.165, 1.54) is 10.6 Å². The Morgan fingerprint density at radius 1 is 1.38 bits per heavy atom. The number of carbonyl (C=O) groups is 1. The van der Waals surface area contributed by atoms with Gasteiger partial charge in [-0.1, -0.05) is 18.6 Å². The SMILES string of the molecule is CCN(CCCNC(=O)c1cc(C)ccc1N)S(C)(=O)=O. The van der Waals surface area contributed by atoms with Crippen molar-refractivity contribution in [3.8, 4) is 0 Å². The van der Waals surface area contributed by atoms with Crippen molar-refractivity contribution in [3.63, 3.8) is 0 Å². The van der Waals surface area contributed by atoms with Gasteiger partial charge < -0.3 is 11.1 Å². The van der Waals surface area contributed by atoms with E-state index in [1.54, 1.807) is 19.1 Å². The van der Waals surface area contributed by atoms with Crippen molar-refractivity contribution in [2.75, 3.05) is 31.6 Å². The Morgan fingerprint density at radius 2 is 2.05 bits per heavy atom. The number of hydrogen-bond donors (Lipinski definition) is 2. The summed E-state index contributed by atoms with van der Waals surface area (Å²) >= 11 is 0. The Hall–Kier alpha value is -1.60. The smallest absolute Gasteiger partial charge is 0.253 e. The number of sulfonamides is 1. The molecule has 0 spiro atoms. The topological polar surface area (TPSA) is 92.5 Å². The van der Waals surface area contributed by atoms with Gasteiger partial charge in [-0.15, -0.1) is 0 Å². The third-order valence-electron chi connectivity index (χ3n) is 3.14. The molecule has 6 nitrogen and oxygen atoms in total. The Kier molecular flexibility index (Phi) is 6.17. The van der Waals surface area contributed by atoms with Gasteiger partial charge in [0, 0.05) is 25.3 Å². The summed E-state index contributed by atoms with van der Waals surface area (Å²) in [6.45, 7) is 4.89. The number of nitrogens with one attached hydrogen (secondary N) is 1. The van der Waals surface area contributed by atoms with Gasteiger partial charge >= 0.3 is 0 Å². The van der Waals surface area contributed by atoms with Crippen molar-refractivity contribution in [2.45, 2.75) is 20.3 Å². The van der Waals surface area contributed by atoms with Crippen LogP contribution in [0.25, 0.3) is 0 Å². The van der Waals surface area contributed by atoms with Crippen LogP contribution in [0.15, 0.2) is 18.2 Å². The fourth-order valence-electron chi connectivity index (χ4n) is 1.98. The Balaban J connectivity index is 2.49. The van der Waals surface area contributed by atoms with E-state index in [-0.39, 0.29) is 5.91 Å². The van der Waals surface area contributed by atoms with E-state index < -0.39 is 10.0 Å². The molecule has 0 bridgehead atoms. The second-order valence-electron chi connectivity index (χ2n) is 4.95. The van der Waals surface area contributed by atoms with Crippen molar-refractivity contribution in [3.05, 3.63) is 29.3 Å². The molecule has 21 heavy (non-hydrogen) atoms. The average Bonchev–Trinajstić information content (AvgIpc) is 2.39. The molecule has 0 aliphatic heterocycles. The highest BCUT2D eigenvalue weighted by molar-refractivity contribution is 7.88. The third-order valence-corrected chi connectivity index (χ3v) is 4.52. The second-order valence-corrected chi connectivity index (χ2v) is 6.94. The molecule has 7 heteroatoms. The molecule has 1 aromatic rings. The monoisotopic (exact) mass is 313 g/mol. The van der Waals surface area contributed by atoms with Crippen molar-refractivity contribution >= 4 is 21.6 Å². The van der Waals surface area contributed by atoms with Crippen LogP contribution in [0.1, 0.15) is 29.3 Å². The Labute approximate surface area is 126 Å².